The number of benzene rings is 3. The quantitative estimate of drug-likeness (QED) is 0.510. The summed E-state index contributed by atoms with van der Waals surface area (Å²) in [7, 11) is 3.10. The summed E-state index contributed by atoms with van der Waals surface area (Å²) in [5, 5.41) is 6.31. The summed E-state index contributed by atoms with van der Waals surface area (Å²) in [6, 6.07) is 18.8. The van der Waals surface area contributed by atoms with Crippen LogP contribution in [-0.2, 0) is 0 Å². The largest absolute Gasteiger partial charge is 0.493 e. The maximum atomic E-state index is 12.7. The van der Waals surface area contributed by atoms with Gasteiger partial charge in [-0.3, -0.25) is 4.79 Å². The van der Waals surface area contributed by atoms with Crippen molar-refractivity contribution in [3.8, 4) is 11.5 Å². The van der Waals surface area contributed by atoms with E-state index in [0.717, 1.165) is 27.1 Å². The number of nitrogens with one attached hydrogen (secondary N) is 2. The van der Waals surface area contributed by atoms with Gasteiger partial charge in [0, 0.05) is 27.1 Å². The highest BCUT2D eigenvalue weighted by molar-refractivity contribution is 9.10. The SMILES string of the molecule is COc1ccc(C(=O)Nc2cc(Nc3cccc(Br)c3)ccc2C)cc1OC. The number of halogens is 1. The molecule has 3 aromatic carbocycles. The minimum Gasteiger partial charge on any atom is -0.493 e. The van der Waals surface area contributed by atoms with Gasteiger partial charge in [0.25, 0.3) is 5.91 Å². The Balaban J connectivity index is 1.81. The van der Waals surface area contributed by atoms with Crippen molar-refractivity contribution in [3.05, 3.63) is 76.3 Å². The summed E-state index contributed by atoms with van der Waals surface area (Å²) < 4.78 is 11.5. The minimum atomic E-state index is -0.219. The summed E-state index contributed by atoms with van der Waals surface area (Å²) >= 11 is 3.47. The molecule has 1 amide bonds. The monoisotopic (exact) mass is 440 g/mol. The molecular weight excluding hydrogens is 420 g/mol. The Labute approximate surface area is 172 Å². The van der Waals surface area contributed by atoms with Crippen LogP contribution in [0.15, 0.2) is 65.1 Å². The Morgan fingerprint density at radius 1 is 0.893 bits per heavy atom. The van der Waals surface area contributed by atoms with Gasteiger partial charge in [-0.25, -0.2) is 0 Å². The standard InChI is InChI=1S/C22H21BrN2O3/c1-14-7-9-18(24-17-6-4-5-16(23)12-17)13-19(14)25-22(26)15-8-10-20(27-2)21(11-15)28-3/h4-13,24H,1-3H3,(H,25,26). The first-order chi connectivity index (χ1) is 13.5. The molecule has 2 N–H and O–H groups in total. The minimum absolute atomic E-state index is 0.219. The van der Waals surface area contributed by atoms with Crippen LogP contribution < -0.4 is 20.1 Å². The molecule has 0 bridgehead atoms. The van der Waals surface area contributed by atoms with Gasteiger partial charge in [0.1, 0.15) is 0 Å². The highest BCUT2D eigenvalue weighted by Gasteiger charge is 2.12. The average molecular weight is 441 g/mol. The zero-order valence-electron chi connectivity index (χ0n) is 15.9. The fourth-order valence-corrected chi connectivity index (χ4v) is 3.14. The van der Waals surface area contributed by atoms with Crippen molar-refractivity contribution < 1.29 is 14.3 Å². The molecule has 0 radical (unpaired) electrons. The topological polar surface area (TPSA) is 59.6 Å². The van der Waals surface area contributed by atoms with Gasteiger partial charge in [0.2, 0.25) is 0 Å². The zero-order valence-corrected chi connectivity index (χ0v) is 17.5. The van der Waals surface area contributed by atoms with Crippen LogP contribution in [0.3, 0.4) is 0 Å². The lowest BCUT2D eigenvalue weighted by Crippen LogP contribution is -2.13. The molecule has 0 aromatic heterocycles. The average Bonchev–Trinajstić information content (AvgIpc) is 2.70. The van der Waals surface area contributed by atoms with Gasteiger partial charge in [-0.05, 0) is 61.0 Å². The third kappa shape index (κ3) is 4.64. The number of ether oxygens (including phenoxy) is 2. The first kappa shape index (κ1) is 19.8. The summed E-state index contributed by atoms with van der Waals surface area (Å²) in [6.45, 7) is 1.95. The van der Waals surface area contributed by atoms with Crippen LogP contribution in [0.25, 0.3) is 0 Å². The number of carbonyl (C=O) groups excluding carboxylic acids is 1. The molecule has 0 spiro atoms. The molecule has 0 aliphatic rings. The number of rotatable bonds is 6. The number of amides is 1. The maximum absolute atomic E-state index is 12.7. The second-order valence-electron chi connectivity index (χ2n) is 6.19. The fraction of sp³-hybridized carbons (Fsp3) is 0.136. The van der Waals surface area contributed by atoms with Crippen LogP contribution in [0.1, 0.15) is 15.9 Å². The van der Waals surface area contributed by atoms with E-state index in [1.165, 1.54) is 0 Å². The Hall–Kier alpha value is -2.99. The van der Waals surface area contributed by atoms with E-state index in [2.05, 4.69) is 26.6 Å². The molecule has 0 unspecified atom stereocenters. The third-order valence-electron chi connectivity index (χ3n) is 4.24. The van der Waals surface area contributed by atoms with Crippen molar-refractivity contribution >= 4 is 38.9 Å². The van der Waals surface area contributed by atoms with E-state index in [0.29, 0.717) is 17.1 Å². The molecule has 0 fully saturated rings. The lowest BCUT2D eigenvalue weighted by atomic mass is 10.1. The number of hydrogen-bond donors (Lipinski definition) is 2. The molecule has 0 atom stereocenters. The van der Waals surface area contributed by atoms with E-state index in [9.17, 15) is 4.79 Å². The lowest BCUT2D eigenvalue weighted by molar-refractivity contribution is 0.102. The van der Waals surface area contributed by atoms with Crippen molar-refractivity contribution in [1.29, 1.82) is 0 Å². The summed E-state index contributed by atoms with van der Waals surface area (Å²) in [4.78, 5) is 12.7. The zero-order chi connectivity index (χ0) is 20.1. The molecule has 28 heavy (non-hydrogen) atoms. The molecule has 0 heterocycles. The molecule has 3 rings (SSSR count). The van der Waals surface area contributed by atoms with Crippen molar-refractivity contribution in [1.82, 2.24) is 0 Å². The molecule has 0 saturated carbocycles. The highest BCUT2D eigenvalue weighted by atomic mass is 79.9. The second-order valence-corrected chi connectivity index (χ2v) is 7.10. The van der Waals surface area contributed by atoms with Crippen molar-refractivity contribution in [2.45, 2.75) is 6.92 Å². The van der Waals surface area contributed by atoms with Crippen LogP contribution >= 0.6 is 15.9 Å². The van der Waals surface area contributed by atoms with E-state index in [4.69, 9.17) is 9.47 Å². The maximum Gasteiger partial charge on any atom is 0.255 e. The third-order valence-corrected chi connectivity index (χ3v) is 4.74. The Morgan fingerprint density at radius 2 is 1.64 bits per heavy atom. The predicted octanol–water partition coefficient (Wildman–Crippen LogP) is 5.77. The van der Waals surface area contributed by atoms with E-state index in [-0.39, 0.29) is 5.91 Å². The lowest BCUT2D eigenvalue weighted by Gasteiger charge is -2.13. The molecule has 0 aliphatic carbocycles. The molecule has 3 aromatic rings. The van der Waals surface area contributed by atoms with Gasteiger partial charge in [-0.2, -0.15) is 0 Å². The molecule has 6 heteroatoms. The first-order valence-electron chi connectivity index (χ1n) is 8.67. The molecular formula is C22H21BrN2O3. The van der Waals surface area contributed by atoms with Crippen molar-refractivity contribution in [3.63, 3.8) is 0 Å². The van der Waals surface area contributed by atoms with Gasteiger partial charge in [-0.15, -0.1) is 0 Å². The van der Waals surface area contributed by atoms with Crippen LogP contribution in [-0.4, -0.2) is 20.1 Å². The first-order valence-corrected chi connectivity index (χ1v) is 9.46. The van der Waals surface area contributed by atoms with Crippen LogP contribution in [0.2, 0.25) is 0 Å². The van der Waals surface area contributed by atoms with Gasteiger partial charge >= 0.3 is 0 Å². The van der Waals surface area contributed by atoms with E-state index in [1.807, 2.05) is 49.4 Å². The predicted molar refractivity (Wildman–Crippen MR) is 116 cm³/mol. The van der Waals surface area contributed by atoms with E-state index < -0.39 is 0 Å². The van der Waals surface area contributed by atoms with Crippen molar-refractivity contribution in [2.24, 2.45) is 0 Å². The Bertz CT molecular complexity index is 1000. The second kappa shape index (κ2) is 8.80. The van der Waals surface area contributed by atoms with Gasteiger partial charge in [0.05, 0.1) is 14.2 Å². The molecule has 144 valence electrons. The molecule has 5 nitrogen and oxygen atoms in total. The normalized spacial score (nSPS) is 10.3. The summed E-state index contributed by atoms with van der Waals surface area (Å²) in [5.74, 6) is 0.871. The highest BCUT2D eigenvalue weighted by Crippen LogP contribution is 2.29. The Morgan fingerprint density at radius 3 is 2.36 bits per heavy atom. The van der Waals surface area contributed by atoms with E-state index >= 15 is 0 Å². The summed E-state index contributed by atoms with van der Waals surface area (Å²) in [6.07, 6.45) is 0. The van der Waals surface area contributed by atoms with Crippen LogP contribution in [0, 0.1) is 6.92 Å². The number of anilines is 3. The van der Waals surface area contributed by atoms with Gasteiger partial charge in [0.15, 0.2) is 11.5 Å². The number of hydrogen-bond acceptors (Lipinski definition) is 4. The van der Waals surface area contributed by atoms with Gasteiger partial charge in [-0.1, -0.05) is 28.1 Å². The summed E-state index contributed by atoms with van der Waals surface area (Å²) in [5.41, 5.74) is 4.03. The molecule has 0 aliphatic heterocycles. The van der Waals surface area contributed by atoms with E-state index in [1.54, 1.807) is 32.4 Å². The number of aryl methyl sites for hydroxylation is 1. The number of methoxy groups -OCH3 is 2. The Kier molecular flexibility index (Phi) is 6.21. The smallest absolute Gasteiger partial charge is 0.255 e. The van der Waals surface area contributed by atoms with Gasteiger partial charge < -0.3 is 20.1 Å². The van der Waals surface area contributed by atoms with Crippen molar-refractivity contribution in [2.75, 3.05) is 24.9 Å². The molecule has 0 saturated heterocycles. The van der Waals surface area contributed by atoms with Crippen LogP contribution in [0.5, 0.6) is 11.5 Å². The fourth-order valence-electron chi connectivity index (χ4n) is 2.74. The van der Waals surface area contributed by atoms with Crippen LogP contribution in [0.4, 0.5) is 17.1 Å². The number of carbonyl (C=O) groups is 1.